The second kappa shape index (κ2) is 9.18. The van der Waals surface area contributed by atoms with Gasteiger partial charge in [0.2, 0.25) is 10.0 Å². The van der Waals surface area contributed by atoms with Crippen LogP contribution < -0.4 is 4.72 Å². The Hall–Kier alpha value is 0.0900. The molecule has 0 radical (unpaired) electrons. The summed E-state index contributed by atoms with van der Waals surface area (Å²) in [5.74, 6) is 0. The molecule has 1 aromatic carbocycles. The number of sulfonamides is 1. The molecule has 20 heavy (non-hydrogen) atoms. The topological polar surface area (TPSA) is 46.2 Å². The molecule has 0 aliphatic rings. The smallest absolute Gasteiger partial charge is 0.211 e. The normalized spacial score (nSPS) is 11.8. The van der Waals surface area contributed by atoms with E-state index < -0.39 is 10.0 Å². The highest BCUT2D eigenvalue weighted by Crippen LogP contribution is 2.29. The van der Waals surface area contributed by atoms with Gasteiger partial charge in [0.25, 0.3) is 0 Å². The van der Waals surface area contributed by atoms with Crippen LogP contribution in [0.2, 0.25) is 0 Å². The quantitative estimate of drug-likeness (QED) is 0.573. The minimum Gasteiger partial charge on any atom is -0.211 e. The first-order chi connectivity index (χ1) is 9.49. The Kier molecular flexibility index (Phi) is 8.32. The molecule has 0 saturated carbocycles. The highest BCUT2D eigenvalue weighted by Gasteiger charge is 2.18. The third-order valence-electron chi connectivity index (χ3n) is 3.03. The molecule has 0 aliphatic heterocycles. The number of unbranched alkanes of at least 4 members (excludes halogenated alkanes) is 5. The summed E-state index contributed by atoms with van der Waals surface area (Å²) in [4.78, 5) is 0.276. The van der Waals surface area contributed by atoms with Gasteiger partial charge in [-0.3, -0.25) is 0 Å². The van der Waals surface area contributed by atoms with Crippen molar-refractivity contribution in [1.82, 2.24) is 4.72 Å². The Bertz CT molecular complexity index is 518. The van der Waals surface area contributed by atoms with Crippen molar-refractivity contribution < 1.29 is 8.42 Å². The maximum atomic E-state index is 12.2. The van der Waals surface area contributed by atoms with E-state index >= 15 is 0 Å². The minimum absolute atomic E-state index is 0.276. The fourth-order valence-electron chi connectivity index (χ4n) is 1.88. The van der Waals surface area contributed by atoms with E-state index in [4.69, 9.17) is 0 Å². The minimum atomic E-state index is -3.44. The average Bonchev–Trinajstić information content (AvgIpc) is 2.40. The number of benzene rings is 1. The molecular weight excluding hydrogens is 406 g/mol. The monoisotopic (exact) mass is 425 g/mol. The fourth-order valence-corrected chi connectivity index (χ4v) is 4.45. The molecule has 0 amide bonds. The van der Waals surface area contributed by atoms with Crippen molar-refractivity contribution in [3.8, 4) is 0 Å². The molecule has 0 bridgehead atoms. The predicted molar refractivity (Wildman–Crippen MR) is 90.4 cm³/mol. The molecule has 1 N–H and O–H groups in total. The van der Waals surface area contributed by atoms with Crippen LogP contribution in [0.4, 0.5) is 0 Å². The van der Waals surface area contributed by atoms with Gasteiger partial charge in [0.05, 0.1) is 9.37 Å². The van der Waals surface area contributed by atoms with E-state index in [-0.39, 0.29) is 4.90 Å². The van der Waals surface area contributed by atoms with E-state index in [1.807, 2.05) is 0 Å². The summed E-state index contributed by atoms with van der Waals surface area (Å²) < 4.78 is 28.3. The molecule has 0 fully saturated rings. The zero-order valence-corrected chi connectivity index (χ0v) is 15.7. The molecule has 0 atom stereocenters. The lowest BCUT2D eigenvalue weighted by atomic mass is 10.1. The van der Waals surface area contributed by atoms with Gasteiger partial charge in [-0.05, 0) is 50.4 Å². The molecule has 0 heterocycles. The van der Waals surface area contributed by atoms with Crippen LogP contribution in [-0.4, -0.2) is 15.0 Å². The lowest BCUT2D eigenvalue weighted by Gasteiger charge is -2.09. The van der Waals surface area contributed by atoms with E-state index in [1.54, 1.807) is 18.2 Å². The Morgan fingerprint density at radius 1 is 1.05 bits per heavy atom. The summed E-state index contributed by atoms with van der Waals surface area (Å²) in [7, 11) is -3.44. The van der Waals surface area contributed by atoms with Crippen molar-refractivity contribution in [2.75, 3.05) is 6.54 Å². The van der Waals surface area contributed by atoms with Crippen LogP contribution >= 0.6 is 31.9 Å². The van der Waals surface area contributed by atoms with Crippen LogP contribution in [0.15, 0.2) is 32.0 Å². The number of halogens is 2. The van der Waals surface area contributed by atoms with Crippen LogP contribution in [-0.2, 0) is 10.0 Å². The average molecular weight is 427 g/mol. The van der Waals surface area contributed by atoms with Crippen molar-refractivity contribution in [2.45, 2.75) is 50.3 Å². The number of rotatable bonds is 9. The van der Waals surface area contributed by atoms with Gasteiger partial charge in [-0.15, -0.1) is 0 Å². The van der Waals surface area contributed by atoms with Crippen molar-refractivity contribution >= 4 is 41.9 Å². The standard InChI is InChI=1S/C14H21Br2NO2S/c1-2-3-4-5-6-7-11-17-20(18,19)13-10-8-9-12(15)14(13)16/h8-10,17H,2-7,11H2,1H3. The Labute approximate surface area is 138 Å². The molecule has 1 aromatic rings. The van der Waals surface area contributed by atoms with Crippen molar-refractivity contribution in [3.63, 3.8) is 0 Å². The van der Waals surface area contributed by atoms with E-state index in [2.05, 4.69) is 43.5 Å². The van der Waals surface area contributed by atoms with Gasteiger partial charge in [0, 0.05) is 11.0 Å². The van der Waals surface area contributed by atoms with Gasteiger partial charge in [-0.2, -0.15) is 0 Å². The molecule has 114 valence electrons. The molecule has 0 saturated heterocycles. The number of nitrogens with one attached hydrogen (secondary N) is 1. The van der Waals surface area contributed by atoms with Gasteiger partial charge in [-0.25, -0.2) is 13.1 Å². The van der Waals surface area contributed by atoms with Gasteiger partial charge in [0.1, 0.15) is 0 Å². The third kappa shape index (κ3) is 5.84. The third-order valence-corrected chi connectivity index (χ3v) is 6.84. The lowest BCUT2D eigenvalue weighted by Crippen LogP contribution is -2.25. The van der Waals surface area contributed by atoms with Crippen LogP contribution in [0.5, 0.6) is 0 Å². The van der Waals surface area contributed by atoms with Gasteiger partial charge >= 0.3 is 0 Å². The summed E-state index contributed by atoms with van der Waals surface area (Å²) in [6.45, 7) is 2.68. The molecule has 0 unspecified atom stereocenters. The zero-order valence-electron chi connectivity index (χ0n) is 11.7. The van der Waals surface area contributed by atoms with Crippen LogP contribution in [0.3, 0.4) is 0 Å². The predicted octanol–water partition coefficient (Wildman–Crippen LogP) is 4.85. The maximum Gasteiger partial charge on any atom is 0.241 e. The second-order valence-corrected chi connectivity index (χ2v) is 8.10. The Morgan fingerprint density at radius 2 is 1.70 bits per heavy atom. The summed E-state index contributed by atoms with van der Waals surface area (Å²) >= 11 is 6.62. The van der Waals surface area contributed by atoms with E-state index in [9.17, 15) is 8.42 Å². The summed E-state index contributed by atoms with van der Waals surface area (Å²) in [5.41, 5.74) is 0. The molecule has 0 aromatic heterocycles. The number of hydrogen-bond acceptors (Lipinski definition) is 2. The van der Waals surface area contributed by atoms with E-state index in [1.165, 1.54) is 25.7 Å². The fraction of sp³-hybridized carbons (Fsp3) is 0.571. The molecule has 3 nitrogen and oxygen atoms in total. The highest BCUT2D eigenvalue weighted by molar-refractivity contribution is 9.13. The summed E-state index contributed by atoms with van der Waals surface area (Å²) in [5, 5.41) is 0. The second-order valence-electron chi connectivity index (χ2n) is 4.72. The first-order valence-corrected chi connectivity index (χ1v) is 9.99. The van der Waals surface area contributed by atoms with E-state index in [0.29, 0.717) is 11.0 Å². The SMILES string of the molecule is CCCCCCCCNS(=O)(=O)c1cccc(Br)c1Br. The van der Waals surface area contributed by atoms with Gasteiger partial charge in [-0.1, -0.05) is 45.1 Å². The van der Waals surface area contributed by atoms with Crippen molar-refractivity contribution in [3.05, 3.63) is 27.1 Å². The van der Waals surface area contributed by atoms with E-state index in [0.717, 1.165) is 17.3 Å². The van der Waals surface area contributed by atoms with Crippen LogP contribution in [0.25, 0.3) is 0 Å². The highest BCUT2D eigenvalue weighted by atomic mass is 79.9. The van der Waals surface area contributed by atoms with Crippen molar-refractivity contribution in [2.24, 2.45) is 0 Å². The largest absolute Gasteiger partial charge is 0.241 e. The lowest BCUT2D eigenvalue weighted by molar-refractivity contribution is 0.567. The molecule has 1 rings (SSSR count). The zero-order chi connectivity index (χ0) is 15.0. The van der Waals surface area contributed by atoms with Gasteiger partial charge < -0.3 is 0 Å². The molecule has 0 spiro atoms. The summed E-state index contributed by atoms with van der Waals surface area (Å²) in [6, 6.07) is 5.11. The molecular formula is C14H21Br2NO2S. The summed E-state index contributed by atoms with van der Waals surface area (Å²) in [6.07, 6.45) is 6.85. The van der Waals surface area contributed by atoms with Gasteiger partial charge in [0.15, 0.2) is 0 Å². The van der Waals surface area contributed by atoms with Crippen LogP contribution in [0, 0.1) is 0 Å². The van der Waals surface area contributed by atoms with Crippen molar-refractivity contribution in [1.29, 1.82) is 0 Å². The molecule has 6 heteroatoms. The first-order valence-electron chi connectivity index (χ1n) is 6.92. The Balaban J connectivity index is 2.44. The maximum absolute atomic E-state index is 12.2. The first kappa shape index (κ1) is 18.1. The van der Waals surface area contributed by atoms with Crippen LogP contribution in [0.1, 0.15) is 45.4 Å². The molecule has 0 aliphatic carbocycles. The number of hydrogen-bond donors (Lipinski definition) is 1. The Morgan fingerprint density at radius 3 is 2.40 bits per heavy atom.